The molecule has 1 N–H and O–H groups in total. The Kier molecular flexibility index (Phi) is 7.43. The van der Waals surface area contributed by atoms with Gasteiger partial charge in [-0.3, -0.25) is 9.59 Å². The number of esters is 1. The molecular formula is C13H24N2O4. The summed E-state index contributed by atoms with van der Waals surface area (Å²) in [6, 6.07) is -0.0158. The number of piperidine rings is 1. The molecule has 1 aliphatic heterocycles. The maximum atomic E-state index is 12.1. The van der Waals surface area contributed by atoms with Crippen molar-refractivity contribution in [1.82, 2.24) is 10.2 Å². The molecule has 6 heteroatoms. The first-order valence-corrected chi connectivity index (χ1v) is 6.75. The summed E-state index contributed by atoms with van der Waals surface area (Å²) in [5.74, 6) is -0.207. The molecule has 1 unspecified atom stereocenters. The topological polar surface area (TPSA) is 67.9 Å². The predicted octanol–water partition coefficient (Wildman–Crippen LogP) is 0.167. The number of nitrogens with one attached hydrogen (secondary N) is 1. The van der Waals surface area contributed by atoms with E-state index in [-0.39, 0.29) is 17.9 Å². The van der Waals surface area contributed by atoms with Crippen molar-refractivity contribution < 1.29 is 19.1 Å². The minimum Gasteiger partial charge on any atom is -0.469 e. The Hall–Kier alpha value is -1.14. The molecule has 0 aromatic carbocycles. The van der Waals surface area contributed by atoms with Crippen molar-refractivity contribution in [3.8, 4) is 0 Å². The van der Waals surface area contributed by atoms with E-state index in [0.29, 0.717) is 26.1 Å². The number of nitrogens with zero attached hydrogens (tertiary/aromatic N) is 1. The van der Waals surface area contributed by atoms with Crippen molar-refractivity contribution in [1.29, 1.82) is 0 Å². The molecule has 0 aliphatic carbocycles. The normalized spacial score (nSPS) is 19.3. The van der Waals surface area contributed by atoms with Gasteiger partial charge >= 0.3 is 5.97 Å². The zero-order chi connectivity index (χ0) is 14.1. The zero-order valence-corrected chi connectivity index (χ0v) is 11.8. The lowest BCUT2D eigenvalue weighted by Gasteiger charge is -2.35. The largest absolute Gasteiger partial charge is 0.469 e. The van der Waals surface area contributed by atoms with Crippen LogP contribution in [0.4, 0.5) is 0 Å². The molecule has 1 amide bonds. The number of methoxy groups -OCH3 is 2. The number of carbonyl (C=O) groups is 2. The highest BCUT2D eigenvalue weighted by Gasteiger charge is 2.28. The van der Waals surface area contributed by atoms with E-state index in [2.05, 4.69) is 10.1 Å². The molecule has 0 aromatic heterocycles. The van der Waals surface area contributed by atoms with Crippen molar-refractivity contribution in [3.63, 3.8) is 0 Å². The fourth-order valence-corrected chi connectivity index (χ4v) is 2.29. The minimum atomic E-state index is -0.253. The van der Waals surface area contributed by atoms with E-state index in [9.17, 15) is 9.59 Å². The quantitative estimate of drug-likeness (QED) is 0.528. The van der Waals surface area contributed by atoms with Crippen LogP contribution in [0.3, 0.4) is 0 Å². The molecule has 1 fully saturated rings. The minimum absolute atomic E-state index is 0.0158. The summed E-state index contributed by atoms with van der Waals surface area (Å²) in [4.78, 5) is 25.3. The molecular weight excluding hydrogens is 248 g/mol. The summed E-state index contributed by atoms with van der Waals surface area (Å²) in [7, 11) is 3.00. The lowest BCUT2D eigenvalue weighted by Crippen LogP contribution is -2.48. The van der Waals surface area contributed by atoms with Gasteiger partial charge in [0.1, 0.15) is 0 Å². The molecule has 1 heterocycles. The van der Waals surface area contributed by atoms with Crippen LogP contribution in [0.25, 0.3) is 0 Å². The Labute approximate surface area is 114 Å². The standard InChI is InChI=1S/C13H24N2O4/c1-18-8-6-14-10-12(16)15-7-4-3-5-11(15)9-13(17)19-2/h11,14H,3-10H2,1-2H3. The first kappa shape index (κ1) is 15.9. The lowest BCUT2D eigenvalue weighted by molar-refractivity contribution is -0.144. The summed E-state index contributed by atoms with van der Waals surface area (Å²) in [6.45, 7) is 2.25. The number of carbonyl (C=O) groups excluding carboxylic acids is 2. The monoisotopic (exact) mass is 272 g/mol. The number of hydrogen-bond donors (Lipinski definition) is 1. The summed E-state index contributed by atoms with van der Waals surface area (Å²) in [5, 5.41) is 3.04. The molecule has 6 nitrogen and oxygen atoms in total. The molecule has 1 saturated heterocycles. The first-order valence-electron chi connectivity index (χ1n) is 6.75. The highest BCUT2D eigenvalue weighted by Crippen LogP contribution is 2.20. The van der Waals surface area contributed by atoms with Crippen LogP contribution in [0.1, 0.15) is 25.7 Å². The average Bonchev–Trinajstić information content (AvgIpc) is 2.43. The van der Waals surface area contributed by atoms with Gasteiger partial charge in [-0.2, -0.15) is 0 Å². The summed E-state index contributed by atoms with van der Waals surface area (Å²) in [6.07, 6.45) is 3.23. The second kappa shape index (κ2) is 8.87. The van der Waals surface area contributed by atoms with E-state index >= 15 is 0 Å². The SMILES string of the molecule is COCCNCC(=O)N1CCCCC1CC(=O)OC. The number of ether oxygens (including phenoxy) is 2. The van der Waals surface area contributed by atoms with Gasteiger partial charge in [-0.05, 0) is 19.3 Å². The molecule has 0 radical (unpaired) electrons. The maximum absolute atomic E-state index is 12.1. The second-order valence-electron chi connectivity index (χ2n) is 4.69. The number of likely N-dealkylation sites (tertiary alicyclic amines) is 1. The van der Waals surface area contributed by atoms with Crippen LogP contribution in [0, 0.1) is 0 Å². The van der Waals surface area contributed by atoms with Gasteiger partial charge in [0, 0.05) is 26.2 Å². The zero-order valence-electron chi connectivity index (χ0n) is 11.8. The third-order valence-corrected chi connectivity index (χ3v) is 3.34. The Balaban J connectivity index is 2.41. The molecule has 0 bridgehead atoms. The third-order valence-electron chi connectivity index (χ3n) is 3.34. The van der Waals surface area contributed by atoms with Crippen LogP contribution in [-0.4, -0.2) is 63.3 Å². The smallest absolute Gasteiger partial charge is 0.307 e. The van der Waals surface area contributed by atoms with Crippen LogP contribution in [-0.2, 0) is 19.1 Å². The van der Waals surface area contributed by atoms with Gasteiger partial charge < -0.3 is 19.7 Å². The average molecular weight is 272 g/mol. The van der Waals surface area contributed by atoms with Crippen molar-refractivity contribution >= 4 is 11.9 Å². The predicted molar refractivity (Wildman–Crippen MR) is 70.7 cm³/mol. The highest BCUT2D eigenvalue weighted by atomic mass is 16.5. The van der Waals surface area contributed by atoms with Gasteiger partial charge in [0.2, 0.25) is 5.91 Å². The Morgan fingerprint density at radius 2 is 2.11 bits per heavy atom. The van der Waals surface area contributed by atoms with Gasteiger partial charge in [0.15, 0.2) is 0 Å². The van der Waals surface area contributed by atoms with E-state index in [1.807, 2.05) is 0 Å². The van der Waals surface area contributed by atoms with Crippen LogP contribution >= 0.6 is 0 Å². The van der Waals surface area contributed by atoms with E-state index in [1.165, 1.54) is 7.11 Å². The third kappa shape index (κ3) is 5.57. The van der Waals surface area contributed by atoms with Crippen LogP contribution in [0.15, 0.2) is 0 Å². The Bertz CT molecular complexity index is 296. The summed E-state index contributed by atoms with van der Waals surface area (Å²) >= 11 is 0. The summed E-state index contributed by atoms with van der Waals surface area (Å²) < 4.78 is 9.59. The molecule has 1 atom stereocenters. The maximum Gasteiger partial charge on any atom is 0.307 e. The molecule has 0 aromatic rings. The van der Waals surface area contributed by atoms with E-state index in [4.69, 9.17) is 4.74 Å². The van der Waals surface area contributed by atoms with Crippen molar-refractivity contribution in [2.45, 2.75) is 31.7 Å². The highest BCUT2D eigenvalue weighted by molar-refractivity contribution is 5.79. The van der Waals surface area contributed by atoms with Gasteiger partial charge in [0.05, 0.1) is 26.7 Å². The molecule has 0 saturated carbocycles. The molecule has 1 aliphatic rings. The first-order chi connectivity index (χ1) is 9.19. The fourth-order valence-electron chi connectivity index (χ4n) is 2.29. The van der Waals surface area contributed by atoms with Gasteiger partial charge in [-0.25, -0.2) is 0 Å². The summed E-state index contributed by atoms with van der Waals surface area (Å²) in [5.41, 5.74) is 0. The molecule has 1 rings (SSSR count). The Morgan fingerprint density at radius 1 is 1.32 bits per heavy atom. The van der Waals surface area contributed by atoms with Crippen LogP contribution in [0.2, 0.25) is 0 Å². The molecule has 110 valence electrons. The molecule has 19 heavy (non-hydrogen) atoms. The van der Waals surface area contributed by atoms with Crippen LogP contribution < -0.4 is 5.32 Å². The number of hydrogen-bond acceptors (Lipinski definition) is 5. The van der Waals surface area contributed by atoms with Crippen molar-refractivity contribution in [3.05, 3.63) is 0 Å². The van der Waals surface area contributed by atoms with Crippen molar-refractivity contribution in [2.24, 2.45) is 0 Å². The lowest BCUT2D eigenvalue weighted by atomic mass is 9.99. The Morgan fingerprint density at radius 3 is 2.79 bits per heavy atom. The van der Waals surface area contributed by atoms with E-state index in [1.54, 1.807) is 12.0 Å². The van der Waals surface area contributed by atoms with Gasteiger partial charge in [0.25, 0.3) is 0 Å². The van der Waals surface area contributed by atoms with Gasteiger partial charge in [-0.1, -0.05) is 0 Å². The fraction of sp³-hybridized carbons (Fsp3) is 0.846. The number of rotatable bonds is 7. The second-order valence-corrected chi connectivity index (χ2v) is 4.69. The van der Waals surface area contributed by atoms with Crippen LogP contribution in [0.5, 0.6) is 0 Å². The molecule has 0 spiro atoms. The number of amides is 1. The van der Waals surface area contributed by atoms with Gasteiger partial charge in [-0.15, -0.1) is 0 Å². The van der Waals surface area contributed by atoms with E-state index in [0.717, 1.165) is 25.8 Å². The van der Waals surface area contributed by atoms with E-state index < -0.39 is 0 Å². The van der Waals surface area contributed by atoms with Crippen molar-refractivity contribution in [2.75, 3.05) is 40.5 Å².